The summed E-state index contributed by atoms with van der Waals surface area (Å²) in [5, 5.41) is 2.90. The maximum Gasteiger partial charge on any atom is 0.244 e. The SMILES string of the molecule is CC[C@H](C)NC(=O)[C@H](CC)N(Cc1ccc(F)cc1)C(=O)CN(c1ccc(Br)cc1)S(C)(=O)=O. The first-order valence-electron chi connectivity index (χ1n) is 11.0. The lowest BCUT2D eigenvalue weighted by Gasteiger charge is -2.33. The van der Waals surface area contributed by atoms with E-state index < -0.39 is 34.3 Å². The van der Waals surface area contributed by atoms with Gasteiger partial charge in [-0.3, -0.25) is 13.9 Å². The van der Waals surface area contributed by atoms with Crippen molar-refractivity contribution in [3.8, 4) is 0 Å². The summed E-state index contributed by atoms with van der Waals surface area (Å²) in [5.41, 5.74) is 0.956. The summed E-state index contributed by atoms with van der Waals surface area (Å²) in [6, 6.07) is 11.3. The van der Waals surface area contributed by atoms with Gasteiger partial charge in [0.1, 0.15) is 18.4 Å². The van der Waals surface area contributed by atoms with Gasteiger partial charge in [-0.15, -0.1) is 0 Å². The van der Waals surface area contributed by atoms with E-state index in [9.17, 15) is 22.4 Å². The molecule has 0 bridgehead atoms. The summed E-state index contributed by atoms with van der Waals surface area (Å²) in [5.74, 6) is -1.27. The van der Waals surface area contributed by atoms with E-state index in [1.165, 1.54) is 29.2 Å². The minimum absolute atomic E-state index is 0.0312. The number of rotatable bonds is 11. The van der Waals surface area contributed by atoms with Crippen LogP contribution in [0.5, 0.6) is 0 Å². The Morgan fingerprint density at radius 3 is 2.12 bits per heavy atom. The molecule has 2 rings (SSSR count). The molecule has 0 aromatic heterocycles. The highest BCUT2D eigenvalue weighted by Gasteiger charge is 2.32. The second-order valence-electron chi connectivity index (χ2n) is 8.14. The molecule has 1 N–H and O–H groups in total. The molecule has 2 amide bonds. The summed E-state index contributed by atoms with van der Waals surface area (Å²) >= 11 is 3.32. The Kier molecular flexibility index (Phi) is 10.1. The zero-order valence-electron chi connectivity index (χ0n) is 19.8. The molecule has 186 valence electrons. The smallest absolute Gasteiger partial charge is 0.244 e. The van der Waals surface area contributed by atoms with Crippen molar-refractivity contribution in [1.82, 2.24) is 10.2 Å². The van der Waals surface area contributed by atoms with Gasteiger partial charge in [-0.05, 0) is 61.7 Å². The molecule has 0 saturated heterocycles. The van der Waals surface area contributed by atoms with Crippen molar-refractivity contribution in [2.24, 2.45) is 0 Å². The quantitative estimate of drug-likeness (QED) is 0.452. The van der Waals surface area contributed by atoms with Crippen molar-refractivity contribution >= 4 is 43.5 Å². The zero-order valence-corrected chi connectivity index (χ0v) is 22.2. The molecule has 0 aliphatic carbocycles. The number of hydrogen-bond acceptors (Lipinski definition) is 4. The van der Waals surface area contributed by atoms with Crippen LogP contribution in [-0.2, 0) is 26.2 Å². The zero-order chi connectivity index (χ0) is 25.5. The van der Waals surface area contributed by atoms with Crippen molar-refractivity contribution in [3.63, 3.8) is 0 Å². The predicted molar refractivity (Wildman–Crippen MR) is 135 cm³/mol. The first-order valence-corrected chi connectivity index (χ1v) is 13.7. The molecule has 2 aromatic carbocycles. The van der Waals surface area contributed by atoms with Crippen LogP contribution < -0.4 is 9.62 Å². The second-order valence-corrected chi connectivity index (χ2v) is 11.0. The van der Waals surface area contributed by atoms with Gasteiger partial charge in [0.05, 0.1) is 11.9 Å². The highest BCUT2D eigenvalue weighted by molar-refractivity contribution is 9.10. The van der Waals surface area contributed by atoms with E-state index in [0.717, 1.165) is 21.5 Å². The highest BCUT2D eigenvalue weighted by Crippen LogP contribution is 2.22. The summed E-state index contributed by atoms with van der Waals surface area (Å²) in [6.07, 6.45) is 2.07. The van der Waals surface area contributed by atoms with Crippen molar-refractivity contribution in [2.75, 3.05) is 17.1 Å². The fourth-order valence-electron chi connectivity index (χ4n) is 3.37. The van der Waals surface area contributed by atoms with Crippen LogP contribution >= 0.6 is 15.9 Å². The summed E-state index contributed by atoms with van der Waals surface area (Å²) in [6.45, 7) is 5.15. The molecular weight excluding hydrogens is 525 g/mol. The maximum absolute atomic E-state index is 13.5. The van der Waals surface area contributed by atoms with Gasteiger partial charge in [0.25, 0.3) is 0 Å². The average Bonchev–Trinajstić information content (AvgIpc) is 2.78. The van der Waals surface area contributed by atoms with Crippen LogP contribution in [0.1, 0.15) is 39.2 Å². The Labute approximate surface area is 209 Å². The molecule has 34 heavy (non-hydrogen) atoms. The van der Waals surface area contributed by atoms with E-state index >= 15 is 0 Å². The Hall–Kier alpha value is -2.46. The number of nitrogens with zero attached hydrogens (tertiary/aromatic N) is 2. The normalized spacial score (nSPS) is 13.1. The predicted octanol–water partition coefficient (Wildman–Crippen LogP) is 4.08. The molecule has 0 fully saturated rings. The second kappa shape index (κ2) is 12.3. The topological polar surface area (TPSA) is 86.8 Å². The van der Waals surface area contributed by atoms with Crippen molar-refractivity contribution < 1.29 is 22.4 Å². The van der Waals surface area contributed by atoms with Crippen LogP contribution in [-0.4, -0.2) is 50.0 Å². The Morgan fingerprint density at radius 2 is 1.62 bits per heavy atom. The minimum atomic E-state index is -3.79. The average molecular weight is 556 g/mol. The molecule has 0 radical (unpaired) electrons. The molecule has 0 unspecified atom stereocenters. The van der Waals surface area contributed by atoms with Gasteiger partial charge in [0.2, 0.25) is 21.8 Å². The number of anilines is 1. The third kappa shape index (κ3) is 7.80. The van der Waals surface area contributed by atoms with Crippen molar-refractivity contribution in [2.45, 2.75) is 52.2 Å². The van der Waals surface area contributed by atoms with E-state index in [1.807, 2.05) is 13.8 Å². The molecule has 0 heterocycles. The van der Waals surface area contributed by atoms with Crippen molar-refractivity contribution in [3.05, 3.63) is 64.4 Å². The molecule has 2 atom stereocenters. The number of benzene rings is 2. The van der Waals surface area contributed by atoms with E-state index in [2.05, 4.69) is 21.2 Å². The number of nitrogens with one attached hydrogen (secondary N) is 1. The molecule has 2 aromatic rings. The number of carbonyl (C=O) groups excluding carboxylic acids is 2. The maximum atomic E-state index is 13.5. The molecule has 7 nitrogen and oxygen atoms in total. The van der Waals surface area contributed by atoms with Gasteiger partial charge < -0.3 is 10.2 Å². The lowest BCUT2D eigenvalue weighted by Crippen LogP contribution is -2.53. The summed E-state index contributed by atoms with van der Waals surface area (Å²) in [7, 11) is -3.79. The van der Waals surface area contributed by atoms with Gasteiger partial charge in [-0.2, -0.15) is 0 Å². The van der Waals surface area contributed by atoms with Crippen LogP contribution in [0.2, 0.25) is 0 Å². The summed E-state index contributed by atoms with van der Waals surface area (Å²) in [4.78, 5) is 27.9. The molecule has 0 aliphatic heterocycles. The van der Waals surface area contributed by atoms with E-state index in [0.29, 0.717) is 17.7 Å². The largest absolute Gasteiger partial charge is 0.352 e. The van der Waals surface area contributed by atoms with Crippen LogP contribution in [0.4, 0.5) is 10.1 Å². The number of halogens is 2. The Bertz CT molecular complexity index is 1080. The van der Waals surface area contributed by atoms with Gasteiger partial charge >= 0.3 is 0 Å². The van der Waals surface area contributed by atoms with Crippen LogP contribution in [0, 0.1) is 5.82 Å². The number of carbonyl (C=O) groups is 2. The molecule has 0 spiro atoms. The van der Waals surface area contributed by atoms with Crippen molar-refractivity contribution in [1.29, 1.82) is 0 Å². The first-order chi connectivity index (χ1) is 16.0. The lowest BCUT2D eigenvalue weighted by atomic mass is 10.1. The van der Waals surface area contributed by atoms with Gasteiger partial charge in [-0.25, -0.2) is 12.8 Å². The van der Waals surface area contributed by atoms with Crippen LogP contribution in [0.3, 0.4) is 0 Å². The number of amides is 2. The third-order valence-corrected chi connectivity index (χ3v) is 7.12. The standard InChI is InChI=1S/C24H31BrFN3O4S/c1-5-17(3)27-24(31)22(6-2)28(15-18-7-11-20(26)12-8-18)23(30)16-29(34(4,32)33)21-13-9-19(25)10-14-21/h7-14,17,22H,5-6,15-16H2,1-4H3,(H,27,31)/t17-,22-/m0/s1. The Morgan fingerprint density at radius 1 is 1.03 bits per heavy atom. The molecular formula is C24H31BrFN3O4S. The number of hydrogen-bond donors (Lipinski definition) is 1. The molecule has 0 aliphatic rings. The Balaban J connectivity index is 2.41. The van der Waals surface area contributed by atoms with Crippen LogP contribution in [0.15, 0.2) is 53.0 Å². The minimum Gasteiger partial charge on any atom is -0.352 e. The molecule has 0 saturated carbocycles. The first kappa shape index (κ1) is 27.8. The van der Waals surface area contributed by atoms with E-state index in [-0.39, 0.29) is 18.5 Å². The fraction of sp³-hybridized carbons (Fsp3) is 0.417. The molecule has 10 heteroatoms. The third-order valence-electron chi connectivity index (χ3n) is 5.45. The van der Waals surface area contributed by atoms with Gasteiger partial charge in [-0.1, -0.05) is 41.9 Å². The lowest BCUT2D eigenvalue weighted by molar-refractivity contribution is -0.140. The highest BCUT2D eigenvalue weighted by atomic mass is 79.9. The van der Waals surface area contributed by atoms with Crippen LogP contribution in [0.25, 0.3) is 0 Å². The van der Waals surface area contributed by atoms with E-state index in [4.69, 9.17) is 0 Å². The number of sulfonamides is 1. The summed E-state index contributed by atoms with van der Waals surface area (Å²) < 4.78 is 40.3. The van der Waals surface area contributed by atoms with E-state index in [1.54, 1.807) is 31.2 Å². The fourth-order valence-corrected chi connectivity index (χ4v) is 4.48. The van der Waals surface area contributed by atoms with Gasteiger partial charge in [0, 0.05) is 17.1 Å². The monoisotopic (exact) mass is 555 g/mol. The van der Waals surface area contributed by atoms with Gasteiger partial charge in [0.15, 0.2) is 0 Å².